The lowest BCUT2D eigenvalue weighted by molar-refractivity contribution is 0.949. The minimum Gasteiger partial charge on any atom is -0.138 e. The van der Waals surface area contributed by atoms with Gasteiger partial charge in [0.2, 0.25) is 0 Å². The Kier molecular flexibility index (Phi) is 3.30. The summed E-state index contributed by atoms with van der Waals surface area (Å²) >= 11 is 0. The van der Waals surface area contributed by atoms with Crippen molar-refractivity contribution < 1.29 is 0 Å². The Morgan fingerprint density at radius 3 is 1.89 bits per heavy atom. The van der Waals surface area contributed by atoms with E-state index in [2.05, 4.69) is 63.8 Å². The van der Waals surface area contributed by atoms with Crippen molar-refractivity contribution in [3.05, 3.63) is 60.2 Å². The molecule has 0 heterocycles. The van der Waals surface area contributed by atoms with E-state index in [9.17, 15) is 0 Å². The zero-order chi connectivity index (χ0) is 12.4. The van der Waals surface area contributed by atoms with Gasteiger partial charge in [-0.2, -0.15) is 0 Å². The van der Waals surface area contributed by atoms with Crippen molar-refractivity contribution in [3.8, 4) is 0 Å². The SMILES string of the molecule is PCCCc1c2ccccc2cc2ccccc12. The Labute approximate surface area is 110 Å². The number of rotatable bonds is 3. The monoisotopic (exact) mass is 252 g/mol. The van der Waals surface area contributed by atoms with Gasteiger partial charge in [0.05, 0.1) is 0 Å². The molecule has 0 fully saturated rings. The molecule has 0 bridgehead atoms. The van der Waals surface area contributed by atoms with Crippen LogP contribution < -0.4 is 0 Å². The summed E-state index contributed by atoms with van der Waals surface area (Å²) in [7, 11) is 2.83. The third-order valence-corrected chi connectivity index (χ3v) is 3.92. The third kappa shape index (κ3) is 2.02. The number of hydrogen-bond donors (Lipinski definition) is 0. The molecule has 0 radical (unpaired) electrons. The average Bonchev–Trinajstić information content (AvgIpc) is 2.43. The van der Waals surface area contributed by atoms with Crippen molar-refractivity contribution >= 4 is 30.8 Å². The van der Waals surface area contributed by atoms with E-state index in [0.29, 0.717) is 0 Å². The van der Waals surface area contributed by atoms with Crippen molar-refractivity contribution in [1.82, 2.24) is 0 Å². The summed E-state index contributed by atoms with van der Waals surface area (Å²) in [5.74, 6) is 0. The van der Waals surface area contributed by atoms with Crippen LogP contribution in [0.4, 0.5) is 0 Å². The van der Waals surface area contributed by atoms with Gasteiger partial charge in [-0.3, -0.25) is 0 Å². The molecule has 0 aliphatic heterocycles. The quantitative estimate of drug-likeness (QED) is 0.464. The predicted octanol–water partition coefficient (Wildman–Crippen LogP) is 4.80. The van der Waals surface area contributed by atoms with Gasteiger partial charge in [-0.05, 0) is 52.2 Å². The van der Waals surface area contributed by atoms with Gasteiger partial charge >= 0.3 is 0 Å². The molecular weight excluding hydrogens is 235 g/mol. The molecule has 0 spiro atoms. The van der Waals surface area contributed by atoms with E-state index in [4.69, 9.17) is 0 Å². The first-order valence-electron chi connectivity index (χ1n) is 6.49. The minimum absolute atomic E-state index is 1.16. The number of hydrogen-bond acceptors (Lipinski definition) is 0. The first kappa shape index (κ1) is 11.7. The Hall–Kier alpha value is -1.39. The highest BCUT2D eigenvalue weighted by atomic mass is 31.0. The van der Waals surface area contributed by atoms with Crippen LogP contribution in [0, 0.1) is 0 Å². The average molecular weight is 252 g/mol. The maximum Gasteiger partial charge on any atom is -0.0146 e. The van der Waals surface area contributed by atoms with Gasteiger partial charge in [0.1, 0.15) is 0 Å². The molecule has 0 nitrogen and oxygen atoms in total. The highest BCUT2D eigenvalue weighted by molar-refractivity contribution is 7.16. The fourth-order valence-electron chi connectivity index (χ4n) is 2.66. The number of fused-ring (bicyclic) bond motifs is 2. The molecule has 18 heavy (non-hydrogen) atoms. The molecule has 1 atom stereocenters. The molecule has 0 amide bonds. The van der Waals surface area contributed by atoms with Crippen LogP contribution in [0.5, 0.6) is 0 Å². The van der Waals surface area contributed by atoms with Crippen LogP contribution in [0.1, 0.15) is 12.0 Å². The van der Waals surface area contributed by atoms with Crippen LogP contribution >= 0.6 is 9.24 Å². The topological polar surface area (TPSA) is 0 Å². The lowest BCUT2D eigenvalue weighted by atomic mass is 9.94. The summed E-state index contributed by atoms with van der Waals surface area (Å²) in [6, 6.07) is 19.8. The van der Waals surface area contributed by atoms with Crippen molar-refractivity contribution in [2.24, 2.45) is 0 Å². The molecule has 1 unspecified atom stereocenters. The van der Waals surface area contributed by atoms with E-state index >= 15 is 0 Å². The van der Waals surface area contributed by atoms with E-state index < -0.39 is 0 Å². The zero-order valence-corrected chi connectivity index (χ0v) is 11.5. The second kappa shape index (κ2) is 5.08. The Morgan fingerprint density at radius 1 is 0.778 bits per heavy atom. The van der Waals surface area contributed by atoms with E-state index in [0.717, 1.165) is 12.6 Å². The van der Waals surface area contributed by atoms with Gasteiger partial charge in [0, 0.05) is 0 Å². The zero-order valence-electron chi connectivity index (χ0n) is 10.4. The lowest BCUT2D eigenvalue weighted by Gasteiger charge is -2.11. The molecule has 1 heteroatoms. The van der Waals surface area contributed by atoms with Gasteiger partial charge < -0.3 is 0 Å². The van der Waals surface area contributed by atoms with E-state index in [1.54, 1.807) is 0 Å². The second-order valence-corrected chi connectivity index (χ2v) is 5.27. The van der Waals surface area contributed by atoms with Crippen LogP contribution in [-0.4, -0.2) is 6.16 Å². The Bertz CT molecular complexity index is 631. The molecule has 90 valence electrons. The summed E-state index contributed by atoms with van der Waals surface area (Å²) in [6.45, 7) is 0. The van der Waals surface area contributed by atoms with E-state index in [-0.39, 0.29) is 0 Å². The van der Waals surface area contributed by atoms with Gasteiger partial charge in [-0.15, -0.1) is 9.24 Å². The van der Waals surface area contributed by atoms with Gasteiger partial charge in [0.25, 0.3) is 0 Å². The number of aryl methyl sites for hydroxylation is 1. The lowest BCUT2D eigenvalue weighted by Crippen LogP contribution is -1.91. The van der Waals surface area contributed by atoms with Crippen molar-refractivity contribution in [2.45, 2.75) is 12.8 Å². The van der Waals surface area contributed by atoms with E-state index in [1.807, 2.05) is 0 Å². The molecule has 3 aromatic carbocycles. The first-order valence-corrected chi connectivity index (χ1v) is 7.31. The normalized spacial score (nSPS) is 11.2. The third-order valence-electron chi connectivity index (χ3n) is 3.51. The van der Waals surface area contributed by atoms with Gasteiger partial charge in [0.15, 0.2) is 0 Å². The van der Waals surface area contributed by atoms with Crippen molar-refractivity contribution in [2.75, 3.05) is 6.16 Å². The molecule has 0 saturated carbocycles. The van der Waals surface area contributed by atoms with Gasteiger partial charge in [-0.25, -0.2) is 0 Å². The molecule has 0 aliphatic rings. The molecule has 0 aromatic heterocycles. The molecular formula is C17H17P. The highest BCUT2D eigenvalue weighted by Gasteiger charge is 2.06. The minimum atomic E-state index is 1.16. The fourth-order valence-corrected chi connectivity index (χ4v) is 2.86. The fraction of sp³-hybridized carbons (Fsp3) is 0.176. The van der Waals surface area contributed by atoms with Crippen LogP contribution in [0.15, 0.2) is 54.6 Å². The van der Waals surface area contributed by atoms with Crippen LogP contribution in [0.2, 0.25) is 0 Å². The first-order chi connectivity index (χ1) is 8.90. The Morgan fingerprint density at radius 2 is 1.33 bits per heavy atom. The molecule has 0 aliphatic carbocycles. The Balaban J connectivity index is 2.34. The summed E-state index contributed by atoms with van der Waals surface area (Å²) in [5, 5.41) is 5.54. The molecule has 3 rings (SSSR count). The van der Waals surface area contributed by atoms with Crippen LogP contribution in [0.25, 0.3) is 21.5 Å². The maximum absolute atomic E-state index is 2.83. The largest absolute Gasteiger partial charge is 0.138 e. The standard InChI is InChI=1S/C17H17P/c18-11-5-10-17-15-8-3-1-6-13(15)12-14-7-2-4-9-16(14)17/h1-4,6-9,12H,5,10-11,18H2. The molecule has 0 N–H and O–H groups in total. The van der Waals surface area contributed by atoms with Crippen LogP contribution in [-0.2, 0) is 6.42 Å². The summed E-state index contributed by atoms with van der Waals surface area (Å²) in [4.78, 5) is 0. The maximum atomic E-state index is 2.83. The van der Waals surface area contributed by atoms with E-state index in [1.165, 1.54) is 33.5 Å². The van der Waals surface area contributed by atoms with Crippen LogP contribution in [0.3, 0.4) is 0 Å². The second-order valence-electron chi connectivity index (χ2n) is 4.69. The predicted molar refractivity (Wildman–Crippen MR) is 84.4 cm³/mol. The molecule has 0 saturated heterocycles. The van der Waals surface area contributed by atoms with Crippen molar-refractivity contribution in [3.63, 3.8) is 0 Å². The number of benzene rings is 3. The van der Waals surface area contributed by atoms with Gasteiger partial charge in [-0.1, -0.05) is 48.5 Å². The summed E-state index contributed by atoms with van der Waals surface area (Å²) in [5.41, 5.74) is 1.51. The highest BCUT2D eigenvalue weighted by Crippen LogP contribution is 2.29. The smallest absolute Gasteiger partial charge is 0.0146 e. The summed E-state index contributed by atoms with van der Waals surface area (Å²) in [6.07, 6.45) is 3.55. The molecule has 3 aromatic rings. The summed E-state index contributed by atoms with van der Waals surface area (Å²) < 4.78 is 0. The van der Waals surface area contributed by atoms with Crippen molar-refractivity contribution in [1.29, 1.82) is 0 Å².